The maximum absolute atomic E-state index is 5.51. The monoisotopic (exact) mass is 156 g/mol. The summed E-state index contributed by atoms with van der Waals surface area (Å²) < 4.78 is 0. The summed E-state index contributed by atoms with van der Waals surface area (Å²) in [6, 6.07) is 0.826. The van der Waals surface area contributed by atoms with Gasteiger partial charge in [0.15, 0.2) is 0 Å². The molecule has 1 saturated carbocycles. The van der Waals surface area contributed by atoms with Crippen LogP contribution in [0.3, 0.4) is 0 Å². The molecule has 0 aromatic carbocycles. The van der Waals surface area contributed by atoms with Crippen molar-refractivity contribution in [2.24, 2.45) is 11.1 Å². The van der Waals surface area contributed by atoms with Crippen molar-refractivity contribution in [1.29, 1.82) is 0 Å². The quantitative estimate of drug-likeness (QED) is 0.626. The van der Waals surface area contributed by atoms with Gasteiger partial charge in [-0.2, -0.15) is 0 Å². The molecular weight excluding hydrogens is 136 g/mol. The maximum atomic E-state index is 5.51. The van der Waals surface area contributed by atoms with Crippen LogP contribution < -0.4 is 11.1 Å². The fourth-order valence-corrected chi connectivity index (χ4v) is 1.19. The van der Waals surface area contributed by atoms with Crippen LogP contribution in [-0.2, 0) is 0 Å². The van der Waals surface area contributed by atoms with E-state index in [1.54, 1.807) is 0 Å². The van der Waals surface area contributed by atoms with Gasteiger partial charge in [0.25, 0.3) is 0 Å². The van der Waals surface area contributed by atoms with E-state index in [2.05, 4.69) is 19.2 Å². The Hall–Kier alpha value is -0.0800. The smallest absolute Gasteiger partial charge is 0.00684 e. The third-order valence-electron chi connectivity index (χ3n) is 2.27. The van der Waals surface area contributed by atoms with E-state index in [-0.39, 0.29) is 0 Å². The molecule has 0 radical (unpaired) electrons. The molecule has 0 aromatic heterocycles. The highest BCUT2D eigenvalue weighted by molar-refractivity contribution is 4.83. The lowest BCUT2D eigenvalue weighted by Crippen LogP contribution is -2.32. The maximum Gasteiger partial charge on any atom is 0.00684 e. The Bertz CT molecular complexity index is 117. The van der Waals surface area contributed by atoms with E-state index in [9.17, 15) is 0 Å². The first kappa shape index (κ1) is 9.01. The van der Waals surface area contributed by atoms with Crippen molar-refractivity contribution in [1.82, 2.24) is 5.32 Å². The summed E-state index contributed by atoms with van der Waals surface area (Å²) in [5.41, 5.74) is 5.90. The molecule has 1 fully saturated rings. The standard InChI is InChI=1S/C9H20N2/c1-9(2,5-6-10)7-11-8-3-4-8/h8,11H,3-7,10H2,1-2H3. The molecule has 0 atom stereocenters. The van der Waals surface area contributed by atoms with Crippen LogP contribution >= 0.6 is 0 Å². The van der Waals surface area contributed by atoms with Gasteiger partial charge in [-0.15, -0.1) is 0 Å². The zero-order valence-corrected chi connectivity index (χ0v) is 7.69. The molecule has 0 amide bonds. The second kappa shape index (κ2) is 3.55. The Kier molecular flexibility index (Phi) is 2.90. The molecule has 0 unspecified atom stereocenters. The van der Waals surface area contributed by atoms with Gasteiger partial charge >= 0.3 is 0 Å². The van der Waals surface area contributed by atoms with E-state index in [0.717, 1.165) is 25.6 Å². The SMILES string of the molecule is CC(C)(CCN)CNC1CC1. The fourth-order valence-electron chi connectivity index (χ4n) is 1.19. The highest BCUT2D eigenvalue weighted by Crippen LogP contribution is 2.23. The molecule has 1 aliphatic rings. The van der Waals surface area contributed by atoms with Gasteiger partial charge in [0.1, 0.15) is 0 Å². The molecule has 11 heavy (non-hydrogen) atoms. The zero-order chi connectivity index (χ0) is 8.32. The van der Waals surface area contributed by atoms with Gasteiger partial charge in [0.2, 0.25) is 0 Å². The Labute approximate surface area is 69.5 Å². The van der Waals surface area contributed by atoms with Crippen LogP contribution in [0.25, 0.3) is 0 Å². The van der Waals surface area contributed by atoms with Crippen LogP contribution in [0.4, 0.5) is 0 Å². The lowest BCUT2D eigenvalue weighted by molar-refractivity contribution is 0.318. The molecule has 66 valence electrons. The Morgan fingerprint density at radius 3 is 2.55 bits per heavy atom. The second-order valence-corrected chi connectivity index (χ2v) is 4.36. The average molecular weight is 156 g/mol. The lowest BCUT2D eigenvalue weighted by Gasteiger charge is -2.24. The molecule has 0 aliphatic heterocycles. The highest BCUT2D eigenvalue weighted by atomic mass is 15.0. The first-order valence-electron chi connectivity index (χ1n) is 4.57. The predicted octanol–water partition coefficient (Wildman–Crippen LogP) is 1.11. The van der Waals surface area contributed by atoms with Crippen LogP contribution in [-0.4, -0.2) is 19.1 Å². The van der Waals surface area contributed by atoms with Crippen molar-refractivity contribution in [3.8, 4) is 0 Å². The van der Waals surface area contributed by atoms with Gasteiger partial charge < -0.3 is 11.1 Å². The molecular formula is C9H20N2. The van der Waals surface area contributed by atoms with Crippen LogP contribution in [0.1, 0.15) is 33.1 Å². The summed E-state index contributed by atoms with van der Waals surface area (Å²) in [5, 5.41) is 3.53. The van der Waals surface area contributed by atoms with Crippen molar-refractivity contribution >= 4 is 0 Å². The van der Waals surface area contributed by atoms with E-state index < -0.39 is 0 Å². The molecule has 3 N–H and O–H groups in total. The largest absolute Gasteiger partial charge is 0.330 e. The molecule has 1 rings (SSSR count). The Morgan fingerprint density at radius 1 is 1.45 bits per heavy atom. The summed E-state index contributed by atoms with van der Waals surface area (Å²) in [7, 11) is 0. The number of rotatable bonds is 5. The minimum absolute atomic E-state index is 0.386. The summed E-state index contributed by atoms with van der Waals surface area (Å²) >= 11 is 0. The van der Waals surface area contributed by atoms with Crippen LogP contribution in [0, 0.1) is 5.41 Å². The van der Waals surface area contributed by atoms with Gasteiger partial charge in [-0.1, -0.05) is 13.8 Å². The number of nitrogens with one attached hydrogen (secondary N) is 1. The predicted molar refractivity (Wildman–Crippen MR) is 48.5 cm³/mol. The van der Waals surface area contributed by atoms with E-state index in [4.69, 9.17) is 5.73 Å². The van der Waals surface area contributed by atoms with Crippen molar-refractivity contribution in [3.05, 3.63) is 0 Å². The number of hydrogen-bond donors (Lipinski definition) is 2. The molecule has 0 heterocycles. The van der Waals surface area contributed by atoms with Gasteiger partial charge in [-0.25, -0.2) is 0 Å². The van der Waals surface area contributed by atoms with Gasteiger partial charge in [-0.05, 0) is 31.2 Å². The van der Waals surface area contributed by atoms with E-state index in [0.29, 0.717) is 5.41 Å². The minimum Gasteiger partial charge on any atom is -0.330 e. The van der Waals surface area contributed by atoms with Crippen molar-refractivity contribution in [3.63, 3.8) is 0 Å². The second-order valence-electron chi connectivity index (χ2n) is 4.36. The highest BCUT2D eigenvalue weighted by Gasteiger charge is 2.24. The van der Waals surface area contributed by atoms with Crippen LogP contribution in [0.2, 0.25) is 0 Å². The summed E-state index contributed by atoms with van der Waals surface area (Å²) in [5.74, 6) is 0. The van der Waals surface area contributed by atoms with Crippen LogP contribution in [0.15, 0.2) is 0 Å². The Morgan fingerprint density at radius 2 is 2.09 bits per heavy atom. The molecule has 1 aliphatic carbocycles. The molecule has 0 aromatic rings. The minimum atomic E-state index is 0.386. The third kappa shape index (κ3) is 3.73. The number of nitrogens with two attached hydrogens (primary N) is 1. The molecule has 2 heteroatoms. The van der Waals surface area contributed by atoms with Crippen LogP contribution in [0.5, 0.6) is 0 Å². The van der Waals surface area contributed by atoms with Gasteiger partial charge in [0.05, 0.1) is 0 Å². The molecule has 0 saturated heterocycles. The van der Waals surface area contributed by atoms with Gasteiger partial charge in [-0.3, -0.25) is 0 Å². The normalized spacial score (nSPS) is 18.8. The average Bonchev–Trinajstić information content (AvgIpc) is 2.65. The molecule has 0 spiro atoms. The lowest BCUT2D eigenvalue weighted by atomic mass is 9.89. The third-order valence-corrected chi connectivity index (χ3v) is 2.27. The molecule has 0 bridgehead atoms. The van der Waals surface area contributed by atoms with E-state index in [1.165, 1.54) is 12.8 Å². The van der Waals surface area contributed by atoms with Crippen molar-refractivity contribution in [2.45, 2.75) is 39.2 Å². The molecule has 2 nitrogen and oxygen atoms in total. The summed E-state index contributed by atoms with van der Waals surface area (Å²) in [4.78, 5) is 0. The van der Waals surface area contributed by atoms with E-state index in [1.807, 2.05) is 0 Å². The number of hydrogen-bond acceptors (Lipinski definition) is 2. The van der Waals surface area contributed by atoms with Gasteiger partial charge in [0, 0.05) is 12.6 Å². The van der Waals surface area contributed by atoms with E-state index >= 15 is 0 Å². The topological polar surface area (TPSA) is 38.0 Å². The zero-order valence-electron chi connectivity index (χ0n) is 7.69. The fraction of sp³-hybridized carbons (Fsp3) is 1.00. The van der Waals surface area contributed by atoms with Crippen molar-refractivity contribution in [2.75, 3.05) is 13.1 Å². The summed E-state index contributed by atoms with van der Waals surface area (Å²) in [6.07, 6.45) is 3.87. The van der Waals surface area contributed by atoms with Crippen molar-refractivity contribution < 1.29 is 0 Å². The Balaban J connectivity index is 2.09. The summed E-state index contributed by atoms with van der Waals surface area (Å²) in [6.45, 7) is 6.47. The first-order chi connectivity index (χ1) is 5.14. The first-order valence-corrected chi connectivity index (χ1v) is 4.57.